The van der Waals surface area contributed by atoms with Crippen LogP contribution >= 0.6 is 35.2 Å². The normalized spacial score (nSPS) is 11.8. The lowest BCUT2D eigenvalue weighted by Crippen LogP contribution is -2.29. The van der Waals surface area contributed by atoms with Gasteiger partial charge in [-0.15, -0.1) is 0 Å². The summed E-state index contributed by atoms with van der Waals surface area (Å²) in [7, 11) is 1.62. The lowest BCUT2D eigenvalue weighted by atomic mass is 10.0. The SMILES string of the molecule is COc1ccc(-c2n[nH]c(=S)n2CCC(=O)NC(c2ccc(Cl)cc2)c2ccsc2)cc1. The Morgan fingerprint density at radius 2 is 1.94 bits per heavy atom. The minimum atomic E-state index is -0.246. The minimum Gasteiger partial charge on any atom is -0.497 e. The number of carbonyl (C=O) groups excluding carboxylic acids is 1. The number of ether oxygens (including phenoxy) is 1. The summed E-state index contributed by atoms with van der Waals surface area (Å²) in [5.74, 6) is 1.35. The van der Waals surface area contributed by atoms with Crippen molar-refractivity contribution in [3.05, 3.63) is 86.3 Å². The average Bonchev–Trinajstić information content (AvgIpc) is 3.47. The van der Waals surface area contributed by atoms with E-state index < -0.39 is 0 Å². The van der Waals surface area contributed by atoms with Gasteiger partial charge in [0, 0.05) is 23.6 Å². The topological polar surface area (TPSA) is 71.9 Å². The van der Waals surface area contributed by atoms with Crippen molar-refractivity contribution in [3.8, 4) is 17.1 Å². The summed E-state index contributed by atoms with van der Waals surface area (Å²) < 4.78 is 7.52. The third-order valence-corrected chi connectivity index (χ3v) is 6.32. The predicted octanol–water partition coefficient (Wildman–Crippen LogP) is 5.63. The van der Waals surface area contributed by atoms with Crippen molar-refractivity contribution in [2.24, 2.45) is 0 Å². The number of rotatable bonds is 8. The van der Waals surface area contributed by atoms with Crippen LogP contribution in [0.15, 0.2) is 65.4 Å². The number of benzene rings is 2. The first-order chi connectivity index (χ1) is 15.5. The molecule has 0 saturated heterocycles. The Balaban J connectivity index is 1.49. The number of aromatic nitrogens is 3. The van der Waals surface area contributed by atoms with Crippen LogP contribution in [-0.2, 0) is 11.3 Å². The second kappa shape index (κ2) is 10.1. The Labute approximate surface area is 199 Å². The van der Waals surface area contributed by atoms with Gasteiger partial charge >= 0.3 is 0 Å². The van der Waals surface area contributed by atoms with Gasteiger partial charge in [0.1, 0.15) is 5.75 Å². The van der Waals surface area contributed by atoms with Gasteiger partial charge in [0.15, 0.2) is 10.6 Å². The van der Waals surface area contributed by atoms with Crippen LogP contribution in [0.5, 0.6) is 5.75 Å². The first-order valence-electron chi connectivity index (χ1n) is 9.91. The van der Waals surface area contributed by atoms with Crippen LogP contribution in [0.25, 0.3) is 11.4 Å². The summed E-state index contributed by atoms with van der Waals surface area (Å²) in [4.78, 5) is 12.9. The summed E-state index contributed by atoms with van der Waals surface area (Å²) in [6, 6.07) is 16.8. The molecule has 6 nitrogen and oxygen atoms in total. The Morgan fingerprint density at radius 3 is 2.59 bits per heavy atom. The zero-order valence-corrected chi connectivity index (χ0v) is 19.6. The Kier molecular flexibility index (Phi) is 7.04. The van der Waals surface area contributed by atoms with Gasteiger partial charge in [-0.2, -0.15) is 16.4 Å². The quantitative estimate of drug-likeness (QED) is 0.318. The van der Waals surface area contributed by atoms with Gasteiger partial charge in [-0.1, -0.05) is 23.7 Å². The molecule has 4 aromatic rings. The molecule has 0 aliphatic heterocycles. The lowest BCUT2D eigenvalue weighted by Gasteiger charge is -2.19. The van der Waals surface area contributed by atoms with E-state index in [2.05, 4.69) is 15.5 Å². The molecule has 0 fully saturated rings. The van der Waals surface area contributed by atoms with Crippen molar-refractivity contribution in [2.45, 2.75) is 19.0 Å². The monoisotopic (exact) mass is 484 g/mol. The number of hydrogen-bond acceptors (Lipinski definition) is 5. The second-order valence-electron chi connectivity index (χ2n) is 7.09. The minimum absolute atomic E-state index is 0.0834. The third kappa shape index (κ3) is 5.09. The van der Waals surface area contributed by atoms with Crippen LogP contribution in [-0.4, -0.2) is 27.8 Å². The van der Waals surface area contributed by atoms with E-state index in [1.165, 1.54) is 0 Å². The van der Waals surface area contributed by atoms with Crippen LogP contribution in [0.4, 0.5) is 0 Å². The molecule has 2 N–H and O–H groups in total. The standard InChI is InChI=1S/C23H21ClN4O2S2/c1-30-19-8-4-16(5-9-19)22-26-27-23(31)28(22)12-10-20(29)25-21(17-11-13-32-14-17)15-2-6-18(24)7-3-15/h2-9,11,13-14,21H,10,12H2,1H3,(H,25,29)(H,27,31). The fourth-order valence-corrected chi connectivity index (χ4v) is 4.42. The summed E-state index contributed by atoms with van der Waals surface area (Å²) in [6.07, 6.45) is 0.255. The fraction of sp³-hybridized carbons (Fsp3) is 0.174. The number of amides is 1. The number of thiophene rings is 1. The maximum atomic E-state index is 12.9. The molecular weight excluding hydrogens is 464 g/mol. The van der Waals surface area contributed by atoms with E-state index in [0.717, 1.165) is 22.4 Å². The second-order valence-corrected chi connectivity index (χ2v) is 8.69. The highest BCUT2D eigenvalue weighted by atomic mass is 35.5. The van der Waals surface area contributed by atoms with Crippen molar-refractivity contribution in [1.82, 2.24) is 20.1 Å². The number of methoxy groups -OCH3 is 1. The Bertz CT molecular complexity index is 1230. The van der Waals surface area contributed by atoms with Gasteiger partial charge < -0.3 is 10.1 Å². The number of H-pyrrole nitrogens is 1. The first-order valence-corrected chi connectivity index (χ1v) is 11.6. The van der Waals surface area contributed by atoms with Crippen LogP contribution in [0.1, 0.15) is 23.6 Å². The molecule has 0 bridgehead atoms. The number of carbonyl (C=O) groups is 1. The van der Waals surface area contributed by atoms with Crippen LogP contribution in [0, 0.1) is 4.77 Å². The smallest absolute Gasteiger partial charge is 0.222 e. The number of aromatic amines is 1. The molecule has 32 heavy (non-hydrogen) atoms. The number of hydrogen-bond donors (Lipinski definition) is 2. The van der Waals surface area contributed by atoms with E-state index in [0.29, 0.717) is 22.2 Å². The van der Waals surface area contributed by atoms with E-state index in [1.807, 2.05) is 69.9 Å². The van der Waals surface area contributed by atoms with Crippen LogP contribution < -0.4 is 10.1 Å². The van der Waals surface area contributed by atoms with E-state index >= 15 is 0 Å². The van der Waals surface area contributed by atoms with Crippen molar-refractivity contribution in [3.63, 3.8) is 0 Å². The van der Waals surface area contributed by atoms with Gasteiger partial charge in [0.2, 0.25) is 5.91 Å². The molecule has 1 atom stereocenters. The Morgan fingerprint density at radius 1 is 1.19 bits per heavy atom. The van der Waals surface area contributed by atoms with E-state index in [1.54, 1.807) is 18.4 Å². The summed E-state index contributed by atoms with van der Waals surface area (Å²) in [6.45, 7) is 0.402. The van der Waals surface area contributed by atoms with Crippen molar-refractivity contribution < 1.29 is 9.53 Å². The molecular formula is C23H21ClN4O2S2. The average molecular weight is 485 g/mol. The van der Waals surface area contributed by atoms with Crippen molar-refractivity contribution in [1.29, 1.82) is 0 Å². The molecule has 4 rings (SSSR count). The summed E-state index contributed by atoms with van der Waals surface area (Å²) in [5, 5.41) is 15.0. The van der Waals surface area contributed by atoms with E-state index in [-0.39, 0.29) is 18.4 Å². The highest BCUT2D eigenvalue weighted by molar-refractivity contribution is 7.71. The number of nitrogens with one attached hydrogen (secondary N) is 2. The molecule has 0 aliphatic carbocycles. The lowest BCUT2D eigenvalue weighted by molar-refractivity contribution is -0.121. The van der Waals surface area contributed by atoms with Crippen LogP contribution in [0.2, 0.25) is 5.02 Å². The molecule has 2 aromatic heterocycles. The predicted molar refractivity (Wildman–Crippen MR) is 130 cm³/mol. The zero-order chi connectivity index (χ0) is 22.5. The molecule has 0 aliphatic rings. The highest BCUT2D eigenvalue weighted by Crippen LogP contribution is 2.26. The largest absolute Gasteiger partial charge is 0.497 e. The molecule has 1 amide bonds. The van der Waals surface area contributed by atoms with Crippen LogP contribution in [0.3, 0.4) is 0 Å². The van der Waals surface area contributed by atoms with Crippen molar-refractivity contribution in [2.75, 3.05) is 7.11 Å². The maximum Gasteiger partial charge on any atom is 0.222 e. The fourth-order valence-electron chi connectivity index (χ4n) is 3.39. The maximum absolute atomic E-state index is 12.9. The van der Waals surface area contributed by atoms with Gasteiger partial charge in [0.25, 0.3) is 0 Å². The molecule has 2 aromatic carbocycles. The molecule has 0 spiro atoms. The summed E-state index contributed by atoms with van der Waals surface area (Å²) in [5.41, 5.74) is 2.89. The highest BCUT2D eigenvalue weighted by Gasteiger charge is 2.18. The van der Waals surface area contributed by atoms with Gasteiger partial charge in [-0.25, -0.2) is 0 Å². The molecule has 1 unspecified atom stereocenters. The molecule has 2 heterocycles. The molecule has 0 saturated carbocycles. The van der Waals surface area contributed by atoms with E-state index in [4.69, 9.17) is 28.6 Å². The van der Waals surface area contributed by atoms with E-state index in [9.17, 15) is 4.79 Å². The Hall–Kier alpha value is -2.94. The molecule has 9 heteroatoms. The first kappa shape index (κ1) is 22.3. The molecule has 164 valence electrons. The number of nitrogens with zero attached hydrogens (tertiary/aromatic N) is 2. The number of halogens is 1. The summed E-state index contributed by atoms with van der Waals surface area (Å²) >= 11 is 13.0. The van der Waals surface area contributed by atoms with Crippen molar-refractivity contribution >= 4 is 41.1 Å². The van der Waals surface area contributed by atoms with Gasteiger partial charge in [-0.05, 0) is 76.6 Å². The molecule has 0 radical (unpaired) electrons. The van der Waals surface area contributed by atoms with Gasteiger partial charge in [-0.3, -0.25) is 14.5 Å². The van der Waals surface area contributed by atoms with Gasteiger partial charge in [0.05, 0.1) is 13.2 Å². The third-order valence-electron chi connectivity index (χ3n) is 5.05. The zero-order valence-electron chi connectivity index (χ0n) is 17.2.